The van der Waals surface area contributed by atoms with Crippen LogP contribution in [0.15, 0.2) is 5.38 Å². The molecular formula is C15H30N4S. The summed E-state index contributed by atoms with van der Waals surface area (Å²) in [6.45, 7) is 11.9. The Morgan fingerprint density at radius 2 is 2.00 bits per heavy atom. The standard InChI is InChI=1S/C15H30N4S/c1-7-9-16-13(4)14-11-20-15(17-14)19(8-2)12(3)10-18(5)6/h11-13,16H,7-10H2,1-6H3. The fraction of sp³-hybridized carbons (Fsp3) is 0.800. The average molecular weight is 298 g/mol. The molecule has 0 amide bonds. The highest BCUT2D eigenvalue weighted by Crippen LogP contribution is 2.25. The van der Waals surface area contributed by atoms with Crippen molar-refractivity contribution in [2.24, 2.45) is 0 Å². The van der Waals surface area contributed by atoms with Crippen LogP contribution in [0.3, 0.4) is 0 Å². The van der Waals surface area contributed by atoms with Crippen molar-refractivity contribution in [1.29, 1.82) is 0 Å². The molecule has 2 unspecified atom stereocenters. The molecule has 0 saturated heterocycles. The Kier molecular flexibility index (Phi) is 7.48. The van der Waals surface area contributed by atoms with Gasteiger partial charge in [-0.1, -0.05) is 6.92 Å². The molecule has 4 nitrogen and oxygen atoms in total. The molecule has 5 heteroatoms. The van der Waals surface area contributed by atoms with Gasteiger partial charge in [-0.3, -0.25) is 0 Å². The maximum atomic E-state index is 4.83. The SMILES string of the molecule is CCCNC(C)c1csc(N(CC)C(C)CN(C)C)n1. The summed E-state index contributed by atoms with van der Waals surface area (Å²) < 4.78 is 0. The molecule has 20 heavy (non-hydrogen) atoms. The van der Waals surface area contributed by atoms with Crippen LogP contribution in [-0.4, -0.2) is 49.7 Å². The van der Waals surface area contributed by atoms with Gasteiger partial charge in [-0.25, -0.2) is 4.98 Å². The maximum Gasteiger partial charge on any atom is 0.185 e. The highest BCUT2D eigenvalue weighted by Gasteiger charge is 2.18. The van der Waals surface area contributed by atoms with E-state index in [1.54, 1.807) is 11.3 Å². The van der Waals surface area contributed by atoms with Crippen LogP contribution in [0.25, 0.3) is 0 Å². The zero-order valence-electron chi connectivity index (χ0n) is 13.8. The Hall–Kier alpha value is -0.650. The summed E-state index contributed by atoms with van der Waals surface area (Å²) in [7, 11) is 4.24. The summed E-state index contributed by atoms with van der Waals surface area (Å²) in [6.07, 6.45) is 1.16. The summed E-state index contributed by atoms with van der Waals surface area (Å²) in [6, 6.07) is 0.815. The van der Waals surface area contributed by atoms with Crippen molar-refractivity contribution in [1.82, 2.24) is 15.2 Å². The average Bonchev–Trinajstić information content (AvgIpc) is 2.85. The van der Waals surface area contributed by atoms with Gasteiger partial charge in [0, 0.05) is 30.6 Å². The molecule has 1 aromatic heterocycles. The fourth-order valence-corrected chi connectivity index (χ4v) is 3.42. The molecule has 2 atom stereocenters. The third-order valence-corrected chi connectivity index (χ3v) is 4.30. The Labute approximate surface area is 128 Å². The largest absolute Gasteiger partial charge is 0.344 e. The van der Waals surface area contributed by atoms with E-state index in [0.29, 0.717) is 12.1 Å². The van der Waals surface area contributed by atoms with Gasteiger partial charge in [0.15, 0.2) is 5.13 Å². The van der Waals surface area contributed by atoms with Gasteiger partial charge in [-0.2, -0.15) is 0 Å². The third kappa shape index (κ3) is 5.04. The molecule has 0 aliphatic heterocycles. The fourth-order valence-electron chi connectivity index (χ4n) is 2.33. The lowest BCUT2D eigenvalue weighted by Crippen LogP contribution is -2.40. The predicted octanol–water partition coefficient (Wildman–Crippen LogP) is 2.98. The zero-order valence-corrected chi connectivity index (χ0v) is 14.6. The predicted molar refractivity (Wildman–Crippen MR) is 89.9 cm³/mol. The number of nitrogens with zero attached hydrogens (tertiary/aromatic N) is 3. The van der Waals surface area contributed by atoms with E-state index < -0.39 is 0 Å². The van der Waals surface area contributed by atoms with Crippen LogP contribution in [-0.2, 0) is 0 Å². The van der Waals surface area contributed by atoms with Crippen LogP contribution in [0.5, 0.6) is 0 Å². The van der Waals surface area contributed by atoms with Crippen molar-refractivity contribution < 1.29 is 0 Å². The topological polar surface area (TPSA) is 31.4 Å². The molecular weight excluding hydrogens is 268 g/mol. The van der Waals surface area contributed by atoms with Crippen molar-refractivity contribution in [3.8, 4) is 0 Å². The molecule has 0 aromatic carbocycles. The monoisotopic (exact) mass is 298 g/mol. The van der Waals surface area contributed by atoms with Gasteiger partial charge in [0.05, 0.1) is 5.69 Å². The van der Waals surface area contributed by atoms with E-state index in [2.05, 4.69) is 62.3 Å². The second-order valence-corrected chi connectivity index (χ2v) is 6.46. The smallest absolute Gasteiger partial charge is 0.185 e. The molecule has 0 spiro atoms. The van der Waals surface area contributed by atoms with E-state index >= 15 is 0 Å². The van der Waals surface area contributed by atoms with Crippen LogP contribution >= 0.6 is 11.3 Å². The Balaban J connectivity index is 2.72. The summed E-state index contributed by atoms with van der Waals surface area (Å²) in [5.74, 6) is 0. The lowest BCUT2D eigenvalue weighted by molar-refractivity contribution is 0.372. The van der Waals surface area contributed by atoms with Gasteiger partial charge >= 0.3 is 0 Å². The first-order valence-electron chi connectivity index (χ1n) is 7.59. The molecule has 1 heterocycles. The summed E-state index contributed by atoms with van der Waals surface area (Å²) in [5.41, 5.74) is 1.16. The first-order chi connectivity index (χ1) is 9.49. The number of hydrogen-bond acceptors (Lipinski definition) is 5. The van der Waals surface area contributed by atoms with Crippen LogP contribution < -0.4 is 10.2 Å². The molecule has 0 saturated carbocycles. The van der Waals surface area contributed by atoms with Gasteiger partial charge in [-0.05, 0) is 47.8 Å². The van der Waals surface area contributed by atoms with Crippen molar-refractivity contribution >= 4 is 16.5 Å². The highest BCUT2D eigenvalue weighted by molar-refractivity contribution is 7.13. The molecule has 1 aromatic rings. The second-order valence-electron chi connectivity index (χ2n) is 5.63. The Bertz CT molecular complexity index is 378. The van der Waals surface area contributed by atoms with E-state index in [0.717, 1.165) is 36.9 Å². The van der Waals surface area contributed by atoms with E-state index in [1.165, 1.54) is 0 Å². The highest BCUT2D eigenvalue weighted by atomic mass is 32.1. The zero-order chi connectivity index (χ0) is 15.1. The van der Waals surface area contributed by atoms with Gasteiger partial charge in [0.2, 0.25) is 0 Å². The normalized spacial score (nSPS) is 14.6. The molecule has 0 aliphatic carbocycles. The minimum atomic E-state index is 0.336. The van der Waals surface area contributed by atoms with Gasteiger partial charge in [-0.15, -0.1) is 11.3 Å². The third-order valence-electron chi connectivity index (χ3n) is 3.40. The summed E-state index contributed by atoms with van der Waals surface area (Å²) >= 11 is 1.76. The summed E-state index contributed by atoms with van der Waals surface area (Å²) in [5, 5.41) is 6.83. The van der Waals surface area contributed by atoms with Crippen molar-refractivity contribution in [2.45, 2.75) is 46.2 Å². The van der Waals surface area contributed by atoms with Gasteiger partial charge in [0.25, 0.3) is 0 Å². The lowest BCUT2D eigenvalue weighted by atomic mass is 10.2. The number of rotatable bonds is 9. The number of thiazole rings is 1. The van der Waals surface area contributed by atoms with Gasteiger partial charge in [0.1, 0.15) is 0 Å². The summed E-state index contributed by atoms with van der Waals surface area (Å²) in [4.78, 5) is 9.45. The van der Waals surface area contributed by atoms with Crippen LogP contribution in [0.4, 0.5) is 5.13 Å². The van der Waals surface area contributed by atoms with E-state index in [4.69, 9.17) is 4.98 Å². The number of aromatic nitrogens is 1. The first kappa shape index (κ1) is 17.4. The Morgan fingerprint density at radius 1 is 1.30 bits per heavy atom. The lowest BCUT2D eigenvalue weighted by Gasteiger charge is -2.29. The molecule has 116 valence electrons. The molecule has 1 rings (SSSR count). The van der Waals surface area contributed by atoms with Crippen molar-refractivity contribution in [2.75, 3.05) is 38.6 Å². The number of nitrogens with one attached hydrogen (secondary N) is 1. The molecule has 1 N–H and O–H groups in total. The second kappa shape index (κ2) is 8.60. The molecule has 0 fully saturated rings. The number of anilines is 1. The van der Waals surface area contributed by atoms with E-state index in [1.807, 2.05) is 0 Å². The molecule has 0 bridgehead atoms. The quantitative estimate of drug-likeness (QED) is 0.759. The molecule has 0 aliphatic rings. The minimum absolute atomic E-state index is 0.336. The van der Waals surface area contributed by atoms with E-state index in [-0.39, 0.29) is 0 Å². The van der Waals surface area contributed by atoms with Crippen LogP contribution in [0.2, 0.25) is 0 Å². The van der Waals surface area contributed by atoms with Gasteiger partial charge < -0.3 is 15.1 Å². The number of likely N-dealkylation sites (N-methyl/N-ethyl adjacent to an activating group) is 2. The number of hydrogen-bond donors (Lipinski definition) is 1. The van der Waals surface area contributed by atoms with Crippen LogP contribution in [0.1, 0.15) is 45.9 Å². The minimum Gasteiger partial charge on any atom is -0.344 e. The van der Waals surface area contributed by atoms with E-state index in [9.17, 15) is 0 Å². The van der Waals surface area contributed by atoms with Crippen LogP contribution in [0, 0.1) is 0 Å². The Morgan fingerprint density at radius 3 is 2.55 bits per heavy atom. The maximum absolute atomic E-state index is 4.83. The first-order valence-corrected chi connectivity index (χ1v) is 8.47. The van der Waals surface area contributed by atoms with Crippen molar-refractivity contribution in [3.05, 3.63) is 11.1 Å². The van der Waals surface area contributed by atoms with Crippen molar-refractivity contribution in [3.63, 3.8) is 0 Å². The molecule has 0 radical (unpaired) electrons.